The summed E-state index contributed by atoms with van der Waals surface area (Å²) in [6.45, 7) is 3.75. The van der Waals surface area contributed by atoms with Crippen molar-refractivity contribution in [1.29, 1.82) is 0 Å². The number of hydrogen-bond acceptors (Lipinski definition) is 5. The van der Waals surface area contributed by atoms with Crippen LogP contribution in [0.4, 0.5) is 0 Å². The Balaban J connectivity index is 1.77. The minimum Gasteiger partial charge on any atom is -0.463 e. The fourth-order valence-electron chi connectivity index (χ4n) is 1.75. The highest BCUT2D eigenvalue weighted by Gasteiger charge is 2.37. The second-order valence-electron chi connectivity index (χ2n) is 4.27. The number of ether oxygens (including phenoxy) is 2. The molecule has 0 bridgehead atoms. The van der Waals surface area contributed by atoms with E-state index in [4.69, 9.17) is 9.47 Å². The van der Waals surface area contributed by atoms with Crippen LogP contribution in [0.25, 0.3) is 0 Å². The van der Waals surface area contributed by atoms with Gasteiger partial charge in [-0.1, -0.05) is 25.1 Å². The van der Waals surface area contributed by atoms with Crippen LogP contribution in [0.3, 0.4) is 0 Å². The molecule has 0 aromatic heterocycles. The van der Waals surface area contributed by atoms with Gasteiger partial charge in [0.15, 0.2) is 0 Å². The molecule has 0 amide bonds. The quantitative estimate of drug-likeness (QED) is 0.716. The largest absolute Gasteiger partial charge is 0.463 e. The van der Waals surface area contributed by atoms with Gasteiger partial charge in [0, 0.05) is 19.8 Å². The van der Waals surface area contributed by atoms with Crippen LogP contribution in [0.15, 0.2) is 4.99 Å². The van der Waals surface area contributed by atoms with E-state index in [1.165, 1.54) is 6.92 Å². The van der Waals surface area contributed by atoms with E-state index in [0.29, 0.717) is 0 Å². The summed E-state index contributed by atoms with van der Waals surface area (Å²) in [5, 5.41) is 1.13. The summed E-state index contributed by atoms with van der Waals surface area (Å²) >= 11 is 1.66. The Morgan fingerprint density at radius 2 is 2.39 bits per heavy atom. The lowest BCUT2D eigenvalue weighted by molar-refractivity contribution is -0.145. The summed E-state index contributed by atoms with van der Waals surface area (Å²) < 4.78 is 10.7. The molecule has 98 valence electrons. The highest BCUT2D eigenvalue weighted by molar-refractivity contribution is 8.14. The van der Waals surface area contributed by atoms with Crippen molar-refractivity contribution in [2.75, 3.05) is 6.61 Å². The van der Waals surface area contributed by atoms with Crippen LogP contribution in [0, 0.1) is 12.8 Å². The maximum absolute atomic E-state index is 10.7. The fraction of sp³-hybridized carbons (Fsp3) is 0.692. The summed E-state index contributed by atoms with van der Waals surface area (Å²) in [7, 11) is 0. The Labute approximate surface area is 113 Å². The number of carbonyl (C=O) groups is 1. The molecule has 0 N–H and O–H groups in total. The lowest BCUT2D eigenvalue weighted by Crippen LogP contribution is -2.37. The summed E-state index contributed by atoms with van der Waals surface area (Å²) in [4.78, 5) is 15.3. The van der Waals surface area contributed by atoms with E-state index in [1.54, 1.807) is 11.8 Å². The highest BCUT2D eigenvalue weighted by atomic mass is 32.2. The van der Waals surface area contributed by atoms with Gasteiger partial charge in [-0.15, -0.1) is 0 Å². The number of thioether (sulfide) groups is 1. The van der Waals surface area contributed by atoms with Crippen LogP contribution < -0.4 is 0 Å². The topological polar surface area (TPSA) is 47.9 Å². The van der Waals surface area contributed by atoms with Crippen molar-refractivity contribution in [3.63, 3.8) is 0 Å². The maximum atomic E-state index is 10.7. The molecule has 4 radical (unpaired) electrons. The molecule has 5 heteroatoms. The maximum Gasteiger partial charge on any atom is 0.302 e. The van der Waals surface area contributed by atoms with E-state index in [0.717, 1.165) is 24.3 Å². The van der Waals surface area contributed by atoms with Gasteiger partial charge in [-0.3, -0.25) is 9.79 Å². The molecule has 0 saturated carbocycles. The molecule has 0 unspecified atom stereocenters. The first-order valence-corrected chi connectivity index (χ1v) is 7.10. The van der Waals surface area contributed by atoms with Gasteiger partial charge in [-0.2, -0.15) is 0 Å². The number of carbonyl (C=O) groups excluding carboxylic acids is 1. The van der Waals surface area contributed by atoms with Gasteiger partial charge in [-0.25, -0.2) is 0 Å². The zero-order valence-corrected chi connectivity index (χ0v) is 11.5. The standard InChI is InChI=1S/C13H17NO3S/c1-3-4-5-12-14-11-7-6-10(8-16-9(2)15)17-13(11)18-12/h10-11,13H,3-5,8H2,1-2H3/t10-,11-,13-/m1/s1. The van der Waals surface area contributed by atoms with Crippen LogP contribution in [-0.2, 0) is 14.3 Å². The van der Waals surface area contributed by atoms with Gasteiger partial charge in [0.1, 0.15) is 18.1 Å². The summed E-state index contributed by atoms with van der Waals surface area (Å²) in [6.07, 6.45) is 9.04. The van der Waals surface area contributed by atoms with E-state index in [1.807, 2.05) is 0 Å². The van der Waals surface area contributed by atoms with Crippen molar-refractivity contribution in [1.82, 2.24) is 0 Å². The predicted octanol–water partition coefficient (Wildman–Crippen LogP) is 2.14. The third-order valence-corrected chi connectivity index (χ3v) is 3.85. The zero-order valence-electron chi connectivity index (χ0n) is 10.6. The van der Waals surface area contributed by atoms with Crippen molar-refractivity contribution in [2.45, 2.75) is 50.7 Å². The van der Waals surface area contributed by atoms with E-state index in [9.17, 15) is 4.79 Å². The first-order valence-electron chi connectivity index (χ1n) is 6.22. The SMILES string of the molecule is CCCCC1=N[C@@H]2[C][C][C@H](COC(C)=O)O[C@@H]2S1. The number of aliphatic imine (C=N–C) groups is 1. The summed E-state index contributed by atoms with van der Waals surface area (Å²) in [5.74, 6) is -0.304. The fourth-order valence-corrected chi connectivity index (χ4v) is 2.90. The second kappa shape index (κ2) is 6.57. The monoisotopic (exact) mass is 267 g/mol. The lowest BCUT2D eigenvalue weighted by Gasteiger charge is -2.29. The van der Waals surface area contributed by atoms with Gasteiger partial charge in [0.25, 0.3) is 0 Å². The summed E-state index contributed by atoms with van der Waals surface area (Å²) in [5.41, 5.74) is -0.0290. The van der Waals surface area contributed by atoms with Crippen molar-refractivity contribution in [2.24, 2.45) is 4.99 Å². The second-order valence-corrected chi connectivity index (χ2v) is 5.45. The molecule has 2 aliphatic heterocycles. The highest BCUT2D eigenvalue weighted by Crippen LogP contribution is 2.36. The molecule has 1 fully saturated rings. The van der Waals surface area contributed by atoms with Crippen molar-refractivity contribution < 1.29 is 14.3 Å². The van der Waals surface area contributed by atoms with Gasteiger partial charge < -0.3 is 9.47 Å². The molecular formula is C13H17NO3S. The van der Waals surface area contributed by atoms with Gasteiger partial charge in [0.05, 0.1) is 11.1 Å². The van der Waals surface area contributed by atoms with Gasteiger partial charge in [0.2, 0.25) is 0 Å². The van der Waals surface area contributed by atoms with E-state index < -0.39 is 0 Å². The molecular weight excluding hydrogens is 250 g/mol. The molecule has 2 aliphatic rings. The third-order valence-electron chi connectivity index (χ3n) is 2.67. The molecule has 1 saturated heterocycles. The number of fused-ring (bicyclic) bond motifs is 1. The number of rotatable bonds is 5. The van der Waals surface area contributed by atoms with Crippen LogP contribution in [0.1, 0.15) is 33.1 Å². The molecule has 4 nitrogen and oxygen atoms in total. The zero-order chi connectivity index (χ0) is 13.0. The molecule has 18 heavy (non-hydrogen) atoms. The molecule has 0 spiro atoms. The van der Waals surface area contributed by atoms with Crippen molar-refractivity contribution >= 4 is 22.8 Å². The number of hydrogen-bond donors (Lipinski definition) is 0. The minimum atomic E-state index is -0.316. The average Bonchev–Trinajstić information content (AvgIpc) is 2.75. The normalized spacial score (nSPS) is 30.8. The first kappa shape index (κ1) is 13.9. The lowest BCUT2D eigenvalue weighted by atomic mass is 10.1. The van der Waals surface area contributed by atoms with E-state index in [2.05, 4.69) is 24.8 Å². The number of nitrogens with zero attached hydrogens (tertiary/aromatic N) is 1. The Kier molecular flexibility index (Phi) is 5.06. The Hall–Kier alpha value is -0.550. The molecule has 2 heterocycles. The average molecular weight is 267 g/mol. The van der Waals surface area contributed by atoms with Gasteiger partial charge >= 0.3 is 5.97 Å². The number of esters is 1. The smallest absolute Gasteiger partial charge is 0.302 e. The number of unbranched alkanes of at least 4 members (excludes halogenated alkanes) is 1. The van der Waals surface area contributed by atoms with Crippen LogP contribution >= 0.6 is 11.8 Å². The molecule has 3 atom stereocenters. The molecule has 0 aromatic rings. The van der Waals surface area contributed by atoms with Crippen LogP contribution in [0.2, 0.25) is 0 Å². The Morgan fingerprint density at radius 1 is 1.56 bits per heavy atom. The minimum absolute atomic E-state index is 0.0290. The van der Waals surface area contributed by atoms with Crippen LogP contribution in [-0.4, -0.2) is 35.2 Å². The first-order chi connectivity index (χ1) is 8.69. The van der Waals surface area contributed by atoms with E-state index in [-0.39, 0.29) is 30.2 Å². The van der Waals surface area contributed by atoms with Gasteiger partial charge in [-0.05, 0) is 12.8 Å². The van der Waals surface area contributed by atoms with Crippen molar-refractivity contribution in [3.05, 3.63) is 12.8 Å². The van der Waals surface area contributed by atoms with E-state index >= 15 is 0 Å². The molecule has 2 rings (SSSR count). The third kappa shape index (κ3) is 3.72. The molecule has 0 aromatic carbocycles. The predicted molar refractivity (Wildman–Crippen MR) is 70.1 cm³/mol. The summed E-state index contributed by atoms with van der Waals surface area (Å²) in [6, 6.07) is -0.0459. The molecule has 0 aliphatic carbocycles. The van der Waals surface area contributed by atoms with Crippen molar-refractivity contribution in [3.8, 4) is 0 Å². The Bertz CT molecular complexity index is 332. The van der Waals surface area contributed by atoms with Crippen LogP contribution in [0.5, 0.6) is 0 Å². The Morgan fingerprint density at radius 3 is 3.11 bits per heavy atom.